The van der Waals surface area contributed by atoms with Gasteiger partial charge < -0.3 is 15.0 Å². The summed E-state index contributed by atoms with van der Waals surface area (Å²) in [6, 6.07) is 0.746. The van der Waals surface area contributed by atoms with Crippen LogP contribution in [0.4, 0.5) is 0 Å². The minimum Gasteiger partial charge on any atom is -0.378 e. The first-order valence-corrected chi connectivity index (χ1v) is 7.90. The van der Waals surface area contributed by atoms with Gasteiger partial charge in [0, 0.05) is 19.2 Å². The topological polar surface area (TPSA) is 24.5 Å². The molecule has 3 nitrogen and oxygen atoms in total. The molecule has 2 unspecified atom stereocenters. The summed E-state index contributed by atoms with van der Waals surface area (Å²) in [5, 5.41) is 3.78. The van der Waals surface area contributed by atoms with Gasteiger partial charge >= 0.3 is 0 Å². The van der Waals surface area contributed by atoms with E-state index in [-0.39, 0.29) is 0 Å². The third-order valence-corrected chi connectivity index (χ3v) is 4.54. The van der Waals surface area contributed by atoms with Gasteiger partial charge in [0.05, 0.1) is 6.10 Å². The van der Waals surface area contributed by atoms with Gasteiger partial charge in [-0.25, -0.2) is 0 Å². The molecule has 0 aromatic heterocycles. The Kier molecular flexibility index (Phi) is 5.93. The number of nitrogens with zero attached hydrogens (tertiary/aromatic N) is 1. The standard InChI is InChI=1S/C15H30N2O/c1-3-8-17-9-5-14(6-10-17)16-12-13-7-11-18-15(13)4-2/h13-16H,3-12H2,1-2H3. The summed E-state index contributed by atoms with van der Waals surface area (Å²) in [6.45, 7) is 10.5. The molecule has 0 bridgehead atoms. The molecule has 1 N–H and O–H groups in total. The van der Waals surface area contributed by atoms with E-state index in [2.05, 4.69) is 24.1 Å². The molecular formula is C15H30N2O. The quantitative estimate of drug-likeness (QED) is 0.787. The summed E-state index contributed by atoms with van der Waals surface area (Å²) in [5.41, 5.74) is 0. The van der Waals surface area contributed by atoms with Gasteiger partial charge in [0.25, 0.3) is 0 Å². The van der Waals surface area contributed by atoms with Gasteiger partial charge in [0.15, 0.2) is 0 Å². The Morgan fingerprint density at radius 1 is 1.17 bits per heavy atom. The monoisotopic (exact) mass is 254 g/mol. The molecule has 0 radical (unpaired) electrons. The summed E-state index contributed by atoms with van der Waals surface area (Å²) in [6.07, 6.45) is 6.86. The Morgan fingerprint density at radius 3 is 2.61 bits per heavy atom. The highest BCUT2D eigenvalue weighted by molar-refractivity contribution is 4.82. The van der Waals surface area contributed by atoms with Gasteiger partial charge in [-0.2, -0.15) is 0 Å². The molecule has 0 saturated carbocycles. The minimum absolute atomic E-state index is 0.512. The SMILES string of the molecule is CCCN1CCC(NCC2CCOC2CC)CC1. The van der Waals surface area contributed by atoms with Crippen molar-refractivity contribution in [3.63, 3.8) is 0 Å². The molecule has 2 aliphatic heterocycles. The molecule has 2 fully saturated rings. The van der Waals surface area contributed by atoms with Crippen molar-refractivity contribution in [1.29, 1.82) is 0 Å². The Morgan fingerprint density at radius 2 is 1.94 bits per heavy atom. The van der Waals surface area contributed by atoms with E-state index in [4.69, 9.17) is 4.74 Å². The van der Waals surface area contributed by atoms with E-state index in [1.54, 1.807) is 0 Å². The van der Waals surface area contributed by atoms with E-state index >= 15 is 0 Å². The molecular weight excluding hydrogens is 224 g/mol. The molecule has 0 amide bonds. The number of likely N-dealkylation sites (tertiary alicyclic amines) is 1. The van der Waals surface area contributed by atoms with E-state index in [1.165, 1.54) is 51.7 Å². The predicted molar refractivity (Wildman–Crippen MR) is 75.9 cm³/mol. The zero-order valence-corrected chi connectivity index (χ0v) is 12.2. The van der Waals surface area contributed by atoms with Crippen LogP contribution in [0.25, 0.3) is 0 Å². The number of rotatable bonds is 6. The van der Waals surface area contributed by atoms with Crippen LogP contribution in [0.2, 0.25) is 0 Å². The summed E-state index contributed by atoms with van der Waals surface area (Å²) < 4.78 is 5.76. The maximum atomic E-state index is 5.76. The van der Waals surface area contributed by atoms with E-state index in [0.717, 1.165) is 25.1 Å². The first kappa shape index (κ1) is 14.3. The lowest BCUT2D eigenvalue weighted by molar-refractivity contribution is 0.0855. The molecule has 2 saturated heterocycles. The molecule has 2 atom stereocenters. The fraction of sp³-hybridized carbons (Fsp3) is 1.00. The lowest BCUT2D eigenvalue weighted by Crippen LogP contribution is -2.44. The minimum atomic E-state index is 0.512. The van der Waals surface area contributed by atoms with Crippen molar-refractivity contribution in [1.82, 2.24) is 10.2 Å². The van der Waals surface area contributed by atoms with Crippen LogP contribution in [0.1, 0.15) is 46.0 Å². The molecule has 2 aliphatic rings. The van der Waals surface area contributed by atoms with Crippen molar-refractivity contribution in [3.05, 3.63) is 0 Å². The third kappa shape index (κ3) is 3.94. The van der Waals surface area contributed by atoms with Gasteiger partial charge in [-0.3, -0.25) is 0 Å². The highest BCUT2D eigenvalue weighted by Crippen LogP contribution is 2.23. The van der Waals surface area contributed by atoms with Crippen molar-refractivity contribution in [2.24, 2.45) is 5.92 Å². The number of piperidine rings is 1. The van der Waals surface area contributed by atoms with Crippen LogP contribution < -0.4 is 5.32 Å². The van der Waals surface area contributed by atoms with E-state index in [9.17, 15) is 0 Å². The van der Waals surface area contributed by atoms with Crippen molar-refractivity contribution in [2.75, 3.05) is 32.8 Å². The highest BCUT2D eigenvalue weighted by Gasteiger charge is 2.27. The first-order chi connectivity index (χ1) is 8.83. The highest BCUT2D eigenvalue weighted by atomic mass is 16.5. The summed E-state index contributed by atoms with van der Waals surface area (Å²) >= 11 is 0. The van der Waals surface area contributed by atoms with Gasteiger partial charge in [-0.05, 0) is 57.7 Å². The molecule has 2 rings (SSSR count). The second kappa shape index (κ2) is 7.46. The van der Waals surface area contributed by atoms with Crippen LogP contribution in [-0.2, 0) is 4.74 Å². The fourth-order valence-corrected chi connectivity index (χ4v) is 3.37. The lowest BCUT2D eigenvalue weighted by atomic mass is 9.98. The zero-order valence-electron chi connectivity index (χ0n) is 12.2. The van der Waals surface area contributed by atoms with E-state index in [1.807, 2.05) is 0 Å². The van der Waals surface area contributed by atoms with Crippen molar-refractivity contribution >= 4 is 0 Å². The molecule has 0 aromatic rings. The zero-order chi connectivity index (χ0) is 12.8. The van der Waals surface area contributed by atoms with Gasteiger partial charge in [-0.15, -0.1) is 0 Å². The predicted octanol–water partition coefficient (Wildman–Crippen LogP) is 2.27. The first-order valence-electron chi connectivity index (χ1n) is 7.90. The third-order valence-electron chi connectivity index (χ3n) is 4.54. The van der Waals surface area contributed by atoms with Crippen LogP contribution in [-0.4, -0.2) is 49.8 Å². The maximum absolute atomic E-state index is 5.76. The number of ether oxygens (including phenoxy) is 1. The maximum Gasteiger partial charge on any atom is 0.0613 e. The molecule has 3 heteroatoms. The average molecular weight is 254 g/mol. The summed E-state index contributed by atoms with van der Waals surface area (Å²) in [5.74, 6) is 0.753. The fourth-order valence-electron chi connectivity index (χ4n) is 3.37. The van der Waals surface area contributed by atoms with Gasteiger partial charge in [0.1, 0.15) is 0 Å². The van der Waals surface area contributed by atoms with Crippen LogP contribution in [0, 0.1) is 5.92 Å². The van der Waals surface area contributed by atoms with Crippen molar-refractivity contribution < 1.29 is 4.74 Å². The van der Waals surface area contributed by atoms with E-state index < -0.39 is 0 Å². The van der Waals surface area contributed by atoms with Crippen LogP contribution in [0.5, 0.6) is 0 Å². The second-order valence-electron chi connectivity index (χ2n) is 5.89. The number of hydrogen-bond donors (Lipinski definition) is 1. The normalized spacial score (nSPS) is 31.0. The summed E-state index contributed by atoms with van der Waals surface area (Å²) in [7, 11) is 0. The Bertz CT molecular complexity index is 227. The number of nitrogens with one attached hydrogen (secondary N) is 1. The Balaban J connectivity index is 1.63. The molecule has 18 heavy (non-hydrogen) atoms. The average Bonchev–Trinajstić information content (AvgIpc) is 2.86. The van der Waals surface area contributed by atoms with Crippen molar-refractivity contribution in [2.45, 2.75) is 58.1 Å². The summed E-state index contributed by atoms with van der Waals surface area (Å²) in [4.78, 5) is 2.60. The molecule has 106 valence electrons. The smallest absolute Gasteiger partial charge is 0.0613 e. The van der Waals surface area contributed by atoms with Crippen LogP contribution >= 0.6 is 0 Å². The second-order valence-corrected chi connectivity index (χ2v) is 5.89. The molecule has 0 spiro atoms. The van der Waals surface area contributed by atoms with Gasteiger partial charge in [-0.1, -0.05) is 13.8 Å². The van der Waals surface area contributed by atoms with Crippen LogP contribution in [0.3, 0.4) is 0 Å². The Labute approximate surface area is 112 Å². The number of hydrogen-bond acceptors (Lipinski definition) is 3. The van der Waals surface area contributed by atoms with Crippen LogP contribution in [0.15, 0.2) is 0 Å². The lowest BCUT2D eigenvalue weighted by Gasteiger charge is -2.33. The molecule has 0 aromatic carbocycles. The largest absolute Gasteiger partial charge is 0.378 e. The molecule has 0 aliphatic carbocycles. The Hall–Kier alpha value is -0.120. The molecule has 2 heterocycles. The van der Waals surface area contributed by atoms with E-state index in [0.29, 0.717) is 6.10 Å². The van der Waals surface area contributed by atoms with Crippen molar-refractivity contribution in [3.8, 4) is 0 Å². The van der Waals surface area contributed by atoms with Gasteiger partial charge in [0.2, 0.25) is 0 Å².